The maximum Gasteiger partial charge on any atom is 0.154 e. The van der Waals surface area contributed by atoms with Crippen LogP contribution in [0.15, 0.2) is 173 Å². The standard InChI is InChI=1S/C45H34N4O/c1-2-13-30(14-3-1)42-47-43(31-26-24-29(25-27-31)39-22-10-11-28-46-39)49-44(48-42)34-17-12-21-38-41(34)50-40-23-9-8-20-37(40)45(38)35-18-6-4-15-32(35)33-16-5-7-19-36(33)45/h1-11,13-16,18-20,22-28,34,44H,12,17,21H2,(H,47,48,49). The molecule has 3 heterocycles. The Balaban J connectivity index is 1.14. The molecule has 2 atom stereocenters. The zero-order valence-electron chi connectivity index (χ0n) is 27.5. The number of hydrogen-bond acceptors (Lipinski definition) is 5. The van der Waals surface area contributed by atoms with Crippen molar-refractivity contribution in [2.45, 2.75) is 30.8 Å². The van der Waals surface area contributed by atoms with Gasteiger partial charge in [0.15, 0.2) is 6.17 Å². The minimum absolute atomic E-state index is 0.0347. The molecule has 0 saturated heterocycles. The highest BCUT2D eigenvalue weighted by atomic mass is 16.5. The van der Waals surface area contributed by atoms with Gasteiger partial charge in [0, 0.05) is 28.5 Å². The van der Waals surface area contributed by atoms with E-state index >= 15 is 0 Å². The number of aromatic nitrogens is 1. The third-order valence-corrected chi connectivity index (χ3v) is 10.8. The Bertz CT molecular complexity index is 2310. The topological polar surface area (TPSA) is 58.9 Å². The van der Waals surface area contributed by atoms with Crippen LogP contribution in [0.25, 0.3) is 22.4 Å². The molecule has 10 rings (SSSR count). The summed E-state index contributed by atoms with van der Waals surface area (Å²) < 4.78 is 7.08. The Morgan fingerprint density at radius 2 is 1.18 bits per heavy atom. The first kappa shape index (κ1) is 28.9. The maximum atomic E-state index is 7.08. The quantitative estimate of drug-likeness (QED) is 0.208. The van der Waals surface area contributed by atoms with Crippen LogP contribution in [0, 0.1) is 5.92 Å². The molecule has 5 aromatic carbocycles. The lowest BCUT2D eigenvalue weighted by atomic mass is 9.62. The van der Waals surface area contributed by atoms with Gasteiger partial charge in [-0.1, -0.05) is 127 Å². The molecule has 1 N–H and O–H groups in total. The highest BCUT2D eigenvalue weighted by Gasteiger charge is 2.54. The summed E-state index contributed by atoms with van der Waals surface area (Å²) in [5.74, 6) is 3.54. The lowest BCUT2D eigenvalue weighted by Crippen LogP contribution is -2.43. The van der Waals surface area contributed by atoms with E-state index in [4.69, 9.17) is 14.7 Å². The third kappa shape index (κ3) is 4.36. The molecule has 0 bridgehead atoms. The minimum atomic E-state index is -0.428. The molecule has 2 unspecified atom stereocenters. The second-order valence-electron chi connectivity index (χ2n) is 13.4. The second-order valence-corrected chi connectivity index (χ2v) is 13.4. The number of fused-ring (bicyclic) bond motifs is 8. The molecule has 2 aliphatic heterocycles. The largest absolute Gasteiger partial charge is 0.461 e. The van der Waals surface area contributed by atoms with Gasteiger partial charge in [-0.2, -0.15) is 0 Å². The fourth-order valence-electron chi connectivity index (χ4n) is 8.64. The van der Waals surface area contributed by atoms with E-state index in [-0.39, 0.29) is 12.1 Å². The van der Waals surface area contributed by atoms with Crippen molar-refractivity contribution < 1.29 is 4.74 Å². The SMILES string of the molecule is c1ccc(C2=NC(C3CCCC4=C3Oc3ccccc3C43c4ccccc4-c4ccccc43)N=C(c3ccc(-c4ccccn4)cc3)N2)cc1. The zero-order valence-corrected chi connectivity index (χ0v) is 27.5. The fourth-order valence-corrected chi connectivity index (χ4v) is 8.64. The minimum Gasteiger partial charge on any atom is -0.461 e. The molecule has 0 amide bonds. The van der Waals surface area contributed by atoms with E-state index in [0.29, 0.717) is 0 Å². The molecule has 0 fully saturated rings. The van der Waals surface area contributed by atoms with Crippen molar-refractivity contribution in [1.82, 2.24) is 10.3 Å². The van der Waals surface area contributed by atoms with Gasteiger partial charge in [0.05, 0.1) is 17.0 Å². The highest BCUT2D eigenvalue weighted by molar-refractivity contribution is 6.16. The first-order valence-corrected chi connectivity index (χ1v) is 17.5. The van der Waals surface area contributed by atoms with E-state index in [1.165, 1.54) is 33.4 Å². The van der Waals surface area contributed by atoms with Gasteiger partial charge in [-0.3, -0.25) is 4.98 Å². The summed E-state index contributed by atoms with van der Waals surface area (Å²) >= 11 is 0. The Hall–Kier alpha value is -6.07. The second kappa shape index (κ2) is 11.5. The molecule has 0 radical (unpaired) electrons. The Labute approximate surface area is 291 Å². The summed E-state index contributed by atoms with van der Waals surface area (Å²) in [6.45, 7) is 0. The van der Waals surface area contributed by atoms with Crippen molar-refractivity contribution in [3.8, 4) is 28.1 Å². The Kier molecular flexibility index (Phi) is 6.66. The van der Waals surface area contributed by atoms with E-state index in [2.05, 4.69) is 132 Å². The van der Waals surface area contributed by atoms with Crippen LogP contribution in [0.3, 0.4) is 0 Å². The number of nitrogens with zero attached hydrogens (tertiary/aromatic N) is 3. The average molecular weight is 647 g/mol. The van der Waals surface area contributed by atoms with Crippen LogP contribution in [0.1, 0.15) is 47.1 Å². The number of para-hydroxylation sites is 1. The van der Waals surface area contributed by atoms with Crippen LogP contribution in [0.2, 0.25) is 0 Å². The molecule has 1 aromatic heterocycles. The summed E-state index contributed by atoms with van der Waals surface area (Å²) in [6, 6.07) is 51.4. The van der Waals surface area contributed by atoms with Crippen LogP contribution >= 0.6 is 0 Å². The summed E-state index contributed by atoms with van der Waals surface area (Å²) in [4.78, 5) is 15.3. The number of pyridine rings is 1. The normalized spacial score (nSPS) is 19.6. The predicted molar refractivity (Wildman–Crippen MR) is 199 cm³/mol. The van der Waals surface area contributed by atoms with E-state index < -0.39 is 5.41 Å². The van der Waals surface area contributed by atoms with E-state index in [1.54, 1.807) is 0 Å². The smallest absolute Gasteiger partial charge is 0.154 e. The number of rotatable bonds is 4. The highest BCUT2D eigenvalue weighted by Crippen LogP contribution is 2.63. The molecule has 5 nitrogen and oxygen atoms in total. The average Bonchev–Trinajstić information content (AvgIpc) is 3.49. The Morgan fingerprint density at radius 1 is 0.580 bits per heavy atom. The number of ether oxygens (including phenoxy) is 1. The molecule has 6 aromatic rings. The number of aliphatic imine (C=N–C) groups is 2. The predicted octanol–water partition coefficient (Wildman–Crippen LogP) is 9.33. The maximum absolute atomic E-state index is 7.08. The summed E-state index contributed by atoms with van der Waals surface area (Å²) in [7, 11) is 0. The lowest BCUT2D eigenvalue weighted by molar-refractivity contribution is 0.255. The van der Waals surface area contributed by atoms with Gasteiger partial charge in [-0.25, -0.2) is 9.98 Å². The van der Waals surface area contributed by atoms with E-state index in [1.807, 2.05) is 30.5 Å². The van der Waals surface area contributed by atoms with Gasteiger partial charge in [-0.05, 0) is 65.3 Å². The first-order valence-electron chi connectivity index (χ1n) is 17.5. The monoisotopic (exact) mass is 646 g/mol. The van der Waals surface area contributed by atoms with Crippen molar-refractivity contribution in [1.29, 1.82) is 0 Å². The van der Waals surface area contributed by atoms with E-state index in [9.17, 15) is 0 Å². The molecule has 5 heteroatoms. The van der Waals surface area contributed by atoms with Crippen LogP contribution in [0.4, 0.5) is 0 Å². The molecule has 2 aliphatic carbocycles. The summed E-state index contributed by atoms with van der Waals surface area (Å²) in [6.07, 6.45) is 4.39. The van der Waals surface area contributed by atoms with Gasteiger partial charge in [0.25, 0.3) is 0 Å². The summed E-state index contributed by atoms with van der Waals surface area (Å²) in [5.41, 5.74) is 11.5. The van der Waals surface area contributed by atoms with Crippen LogP contribution < -0.4 is 10.1 Å². The van der Waals surface area contributed by atoms with Crippen molar-refractivity contribution in [2.75, 3.05) is 0 Å². The fraction of sp³-hybridized carbons (Fsp3) is 0.133. The van der Waals surface area contributed by atoms with Crippen LogP contribution in [0.5, 0.6) is 5.75 Å². The van der Waals surface area contributed by atoms with Gasteiger partial charge in [0.2, 0.25) is 0 Å². The van der Waals surface area contributed by atoms with Gasteiger partial charge in [-0.15, -0.1) is 0 Å². The molecular weight excluding hydrogens is 613 g/mol. The number of amidine groups is 2. The number of benzene rings is 5. The third-order valence-electron chi connectivity index (χ3n) is 10.8. The zero-order chi connectivity index (χ0) is 33.1. The molecule has 4 aliphatic rings. The van der Waals surface area contributed by atoms with E-state index in [0.717, 1.165) is 64.8 Å². The van der Waals surface area contributed by atoms with Crippen molar-refractivity contribution in [3.05, 3.63) is 191 Å². The Morgan fingerprint density at radius 3 is 1.88 bits per heavy atom. The molecule has 50 heavy (non-hydrogen) atoms. The van der Waals surface area contributed by atoms with Crippen LogP contribution in [-0.2, 0) is 5.41 Å². The number of nitrogens with one attached hydrogen (secondary N) is 1. The molecule has 240 valence electrons. The van der Waals surface area contributed by atoms with Crippen molar-refractivity contribution >= 4 is 11.7 Å². The van der Waals surface area contributed by atoms with Crippen molar-refractivity contribution in [3.63, 3.8) is 0 Å². The summed E-state index contributed by atoms with van der Waals surface area (Å²) in [5, 5.41) is 3.60. The molecule has 0 saturated carbocycles. The first-order chi connectivity index (χ1) is 24.8. The van der Waals surface area contributed by atoms with Gasteiger partial charge in [0.1, 0.15) is 23.2 Å². The van der Waals surface area contributed by atoms with Crippen molar-refractivity contribution in [2.24, 2.45) is 15.9 Å². The number of allylic oxidation sites excluding steroid dienone is 1. The molecular formula is C45H34N4O. The van der Waals surface area contributed by atoms with Gasteiger partial charge >= 0.3 is 0 Å². The molecule has 1 spiro atoms. The number of hydrogen-bond donors (Lipinski definition) is 1. The van der Waals surface area contributed by atoms with Crippen LogP contribution in [-0.4, -0.2) is 22.8 Å². The van der Waals surface area contributed by atoms with Gasteiger partial charge < -0.3 is 10.1 Å². The lowest BCUT2D eigenvalue weighted by Gasteiger charge is -2.45.